The van der Waals surface area contributed by atoms with E-state index in [1.807, 2.05) is 0 Å². The van der Waals surface area contributed by atoms with E-state index in [0.29, 0.717) is 5.54 Å². The van der Waals surface area contributed by atoms with Crippen molar-refractivity contribution in [3.8, 4) is 0 Å². The Labute approximate surface area is 104 Å². The first-order valence-electron chi connectivity index (χ1n) is 6.92. The van der Waals surface area contributed by atoms with Gasteiger partial charge in [-0.25, -0.2) is 0 Å². The van der Waals surface area contributed by atoms with E-state index in [2.05, 4.69) is 29.3 Å². The quantitative estimate of drug-likeness (QED) is 0.699. The second-order valence-corrected chi connectivity index (χ2v) is 6.64. The number of rotatable bonds is 6. The van der Waals surface area contributed by atoms with Gasteiger partial charge in [-0.3, -0.25) is 0 Å². The molecule has 2 aliphatic rings. The Balaban J connectivity index is 1.54. The van der Waals surface area contributed by atoms with Crippen molar-refractivity contribution in [2.45, 2.75) is 56.2 Å². The fraction of sp³-hybridized carbons (Fsp3) is 1.00. The first kappa shape index (κ1) is 12.7. The standard InChI is InChI=1S/C13H26N2S/c1-2-13(6-3-7-13)15-10-11-16-12-4-8-14-9-5-12/h12,14-15H,2-11H2,1H3. The average molecular weight is 242 g/mol. The van der Waals surface area contributed by atoms with Gasteiger partial charge in [0, 0.05) is 23.1 Å². The Morgan fingerprint density at radius 1 is 1.31 bits per heavy atom. The fourth-order valence-electron chi connectivity index (χ4n) is 2.76. The molecule has 1 aliphatic heterocycles. The third-order valence-electron chi connectivity index (χ3n) is 4.23. The lowest BCUT2D eigenvalue weighted by Gasteiger charge is -2.42. The Kier molecular flexibility index (Phi) is 4.98. The first-order valence-corrected chi connectivity index (χ1v) is 7.97. The minimum Gasteiger partial charge on any atom is -0.317 e. The molecule has 1 heterocycles. The zero-order valence-electron chi connectivity index (χ0n) is 10.6. The molecule has 0 unspecified atom stereocenters. The Morgan fingerprint density at radius 2 is 2.06 bits per heavy atom. The van der Waals surface area contributed by atoms with Crippen molar-refractivity contribution in [2.75, 3.05) is 25.4 Å². The minimum absolute atomic E-state index is 0.536. The molecule has 0 aromatic heterocycles. The molecule has 3 heteroatoms. The number of nitrogens with one attached hydrogen (secondary N) is 2. The lowest BCUT2D eigenvalue weighted by Crippen LogP contribution is -2.51. The van der Waals surface area contributed by atoms with Crippen LogP contribution in [0.3, 0.4) is 0 Å². The molecule has 2 rings (SSSR count). The summed E-state index contributed by atoms with van der Waals surface area (Å²) in [7, 11) is 0. The van der Waals surface area contributed by atoms with Crippen LogP contribution in [-0.2, 0) is 0 Å². The van der Waals surface area contributed by atoms with Crippen molar-refractivity contribution < 1.29 is 0 Å². The molecule has 2 nitrogen and oxygen atoms in total. The van der Waals surface area contributed by atoms with Gasteiger partial charge in [-0.2, -0.15) is 11.8 Å². The van der Waals surface area contributed by atoms with Crippen molar-refractivity contribution in [3.05, 3.63) is 0 Å². The number of thioether (sulfide) groups is 1. The normalized spacial score (nSPS) is 25.3. The van der Waals surface area contributed by atoms with Crippen LogP contribution in [0.15, 0.2) is 0 Å². The van der Waals surface area contributed by atoms with Gasteiger partial charge < -0.3 is 10.6 Å². The number of hydrogen-bond donors (Lipinski definition) is 2. The maximum atomic E-state index is 3.79. The molecule has 2 fully saturated rings. The van der Waals surface area contributed by atoms with E-state index in [4.69, 9.17) is 0 Å². The summed E-state index contributed by atoms with van der Waals surface area (Å²) >= 11 is 2.18. The highest BCUT2D eigenvalue weighted by atomic mass is 32.2. The lowest BCUT2D eigenvalue weighted by molar-refractivity contribution is 0.182. The Hall–Kier alpha value is 0.270. The van der Waals surface area contributed by atoms with Crippen molar-refractivity contribution in [1.82, 2.24) is 10.6 Å². The van der Waals surface area contributed by atoms with Crippen LogP contribution in [-0.4, -0.2) is 36.2 Å². The van der Waals surface area contributed by atoms with Crippen LogP contribution in [0.2, 0.25) is 0 Å². The molecule has 0 amide bonds. The van der Waals surface area contributed by atoms with Gasteiger partial charge in [0.2, 0.25) is 0 Å². The topological polar surface area (TPSA) is 24.1 Å². The van der Waals surface area contributed by atoms with Crippen LogP contribution in [0.5, 0.6) is 0 Å². The molecule has 0 radical (unpaired) electrons. The maximum absolute atomic E-state index is 3.79. The van der Waals surface area contributed by atoms with Crippen LogP contribution in [0.4, 0.5) is 0 Å². The molecule has 0 aromatic carbocycles. The zero-order valence-corrected chi connectivity index (χ0v) is 11.4. The highest BCUT2D eigenvalue weighted by Crippen LogP contribution is 2.34. The third kappa shape index (κ3) is 3.38. The Bertz CT molecular complexity index is 193. The monoisotopic (exact) mass is 242 g/mol. The van der Waals surface area contributed by atoms with E-state index in [9.17, 15) is 0 Å². The second kappa shape index (κ2) is 6.27. The van der Waals surface area contributed by atoms with Gasteiger partial charge in [0.25, 0.3) is 0 Å². The van der Waals surface area contributed by atoms with Crippen LogP contribution >= 0.6 is 11.8 Å². The highest BCUT2D eigenvalue weighted by molar-refractivity contribution is 7.99. The van der Waals surface area contributed by atoms with Gasteiger partial charge in [-0.1, -0.05) is 6.92 Å². The van der Waals surface area contributed by atoms with Crippen molar-refractivity contribution in [3.63, 3.8) is 0 Å². The second-order valence-electron chi connectivity index (χ2n) is 5.23. The summed E-state index contributed by atoms with van der Waals surface area (Å²) in [5.41, 5.74) is 0.536. The van der Waals surface area contributed by atoms with Crippen molar-refractivity contribution in [1.29, 1.82) is 0 Å². The summed E-state index contributed by atoms with van der Waals surface area (Å²) < 4.78 is 0. The Morgan fingerprint density at radius 3 is 2.62 bits per heavy atom. The molecule has 0 bridgehead atoms. The third-order valence-corrected chi connectivity index (χ3v) is 5.61. The van der Waals surface area contributed by atoms with Gasteiger partial charge in [-0.15, -0.1) is 0 Å². The van der Waals surface area contributed by atoms with Crippen molar-refractivity contribution >= 4 is 11.8 Å². The van der Waals surface area contributed by atoms with Gasteiger partial charge in [0.1, 0.15) is 0 Å². The van der Waals surface area contributed by atoms with Gasteiger partial charge in [0.05, 0.1) is 0 Å². The van der Waals surface area contributed by atoms with Crippen LogP contribution in [0.1, 0.15) is 45.4 Å². The molecule has 0 aromatic rings. The van der Waals surface area contributed by atoms with E-state index in [-0.39, 0.29) is 0 Å². The molecule has 0 spiro atoms. The molecular weight excluding hydrogens is 216 g/mol. The van der Waals surface area contributed by atoms with Crippen LogP contribution < -0.4 is 10.6 Å². The SMILES string of the molecule is CCC1(NCCSC2CCNCC2)CCC1. The highest BCUT2D eigenvalue weighted by Gasteiger charge is 2.33. The maximum Gasteiger partial charge on any atom is 0.0179 e. The van der Waals surface area contributed by atoms with E-state index >= 15 is 0 Å². The summed E-state index contributed by atoms with van der Waals surface area (Å²) in [5, 5.41) is 8.13. The summed E-state index contributed by atoms with van der Waals surface area (Å²) in [6, 6.07) is 0. The van der Waals surface area contributed by atoms with Crippen molar-refractivity contribution in [2.24, 2.45) is 0 Å². The van der Waals surface area contributed by atoms with Crippen LogP contribution in [0, 0.1) is 0 Å². The molecular formula is C13H26N2S. The fourth-order valence-corrected chi connectivity index (χ4v) is 3.89. The average Bonchev–Trinajstić information content (AvgIpc) is 2.29. The summed E-state index contributed by atoms with van der Waals surface area (Å²) in [4.78, 5) is 0. The minimum atomic E-state index is 0.536. The number of piperidine rings is 1. The van der Waals surface area contributed by atoms with Crippen LogP contribution in [0.25, 0.3) is 0 Å². The molecule has 1 saturated carbocycles. The van der Waals surface area contributed by atoms with E-state index in [0.717, 1.165) is 5.25 Å². The molecule has 94 valence electrons. The summed E-state index contributed by atoms with van der Waals surface area (Å²) in [5.74, 6) is 1.30. The van der Waals surface area contributed by atoms with E-state index in [1.165, 1.54) is 63.9 Å². The molecule has 0 atom stereocenters. The predicted octanol–water partition coefficient (Wildman–Crippen LogP) is 2.39. The molecule has 2 N–H and O–H groups in total. The lowest BCUT2D eigenvalue weighted by atomic mass is 9.75. The predicted molar refractivity (Wildman–Crippen MR) is 73.2 cm³/mol. The molecule has 1 aliphatic carbocycles. The molecule has 16 heavy (non-hydrogen) atoms. The van der Waals surface area contributed by atoms with Gasteiger partial charge >= 0.3 is 0 Å². The smallest absolute Gasteiger partial charge is 0.0179 e. The summed E-state index contributed by atoms with van der Waals surface area (Å²) in [6.45, 7) is 5.99. The first-order chi connectivity index (χ1) is 7.85. The molecule has 1 saturated heterocycles. The summed E-state index contributed by atoms with van der Waals surface area (Å²) in [6.07, 6.45) is 8.28. The van der Waals surface area contributed by atoms with E-state index < -0.39 is 0 Å². The van der Waals surface area contributed by atoms with E-state index in [1.54, 1.807) is 0 Å². The largest absolute Gasteiger partial charge is 0.317 e. The zero-order chi connectivity index (χ0) is 11.3. The van der Waals surface area contributed by atoms with Gasteiger partial charge in [-0.05, 0) is 51.6 Å². The van der Waals surface area contributed by atoms with Gasteiger partial charge in [0.15, 0.2) is 0 Å². The number of hydrogen-bond acceptors (Lipinski definition) is 3.